The summed E-state index contributed by atoms with van der Waals surface area (Å²) in [5.41, 5.74) is 0.346. The summed E-state index contributed by atoms with van der Waals surface area (Å²) in [5, 5.41) is 2.85. The first kappa shape index (κ1) is 23.1. The molecule has 3 heteroatoms. The van der Waals surface area contributed by atoms with E-state index >= 15 is 0 Å². The van der Waals surface area contributed by atoms with E-state index in [1.165, 1.54) is 55.3 Å². The molecule has 0 bridgehead atoms. The van der Waals surface area contributed by atoms with Crippen LogP contribution in [0.1, 0.15) is 65.7 Å². The number of rotatable bonds is 5. The fourth-order valence-corrected chi connectivity index (χ4v) is 12.0. The molecule has 1 saturated heterocycles. The van der Waals surface area contributed by atoms with E-state index in [2.05, 4.69) is 98.5 Å². The molecule has 0 unspecified atom stereocenters. The van der Waals surface area contributed by atoms with Gasteiger partial charge in [0.05, 0.1) is 0 Å². The van der Waals surface area contributed by atoms with Gasteiger partial charge in [-0.1, -0.05) is 106 Å². The maximum Gasteiger partial charge on any atom is 0.261 e. The summed E-state index contributed by atoms with van der Waals surface area (Å²) < 4.78 is 7.45. The molecule has 1 saturated carbocycles. The van der Waals surface area contributed by atoms with Crippen molar-refractivity contribution in [1.29, 1.82) is 0 Å². The standard InChI is InChI=1S/C30H41NOSi/c1-29(2,3)33(27-17-6-4-7-18-27,28-19-8-5-9-20-28)32-24-25-14-12-21-30(25)22-13-16-26-15-10-11-23-31(26)30/h4-11,17-20,25-26H,12-16,21-24H2,1-3H3/t25-,26+,30+/m1/s1. The Morgan fingerprint density at radius 3 is 2.09 bits per heavy atom. The van der Waals surface area contributed by atoms with Crippen molar-refractivity contribution in [3.05, 3.63) is 72.8 Å². The van der Waals surface area contributed by atoms with E-state index in [0.717, 1.165) is 19.2 Å². The first-order valence-electron chi connectivity index (χ1n) is 13.1. The Labute approximate surface area is 202 Å². The zero-order valence-corrected chi connectivity index (χ0v) is 21.8. The minimum atomic E-state index is -2.47. The normalized spacial score (nSPS) is 28.2. The van der Waals surface area contributed by atoms with Crippen LogP contribution < -0.4 is 10.4 Å². The van der Waals surface area contributed by atoms with Crippen molar-refractivity contribution < 1.29 is 4.43 Å². The summed E-state index contributed by atoms with van der Waals surface area (Å²) in [4.78, 5) is 2.91. The van der Waals surface area contributed by atoms with Crippen LogP contribution in [0.25, 0.3) is 0 Å². The molecule has 0 aromatic heterocycles. The molecular formula is C30H41NOSi. The lowest BCUT2D eigenvalue weighted by Gasteiger charge is -2.54. The quantitative estimate of drug-likeness (QED) is 0.407. The third kappa shape index (κ3) is 3.96. The number of hydrogen-bond acceptors (Lipinski definition) is 2. The lowest BCUT2D eigenvalue weighted by molar-refractivity contribution is -0.0336. The van der Waals surface area contributed by atoms with Crippen LogP contribution in [0.3, 0.4) is 0 Å². The zero-order chi connectivity index (χ0) is 22.9. The lowest BCUT2D eigenvalue weighted by Crippen LogP contribution is -2.67. The largest absolute Gasteiger partial charge is 0.407 e. The van der Waals surface area contributed by atoms with Crippen molar-refractivity contribution >= 4 is 18.7 Å². The van der Waals surface area contributed by atoms with Gasteiger partial charge < -0.3 is 4.43 Å². The molecule has 2 aliphatic heterocycles. The van der Waals surface area contributed by atoms with E-state index < -0.39 is 8.32 Å². The molecule has 3 aliphatic rings. The van der Waals surface area contributed by atoms with Crippen molar-refractivity contribution in [1.82, 2.24) is 4.90 Å². The summed E-state index contributed by atoms with van der Waals surface area (Å²) in [5.74, 6) is 0.633. The molecule has 3 atom stereocenters. The Kier molecular flexibility index (Phi) is 6.41. The van der Waals surface area contributed by atoms with Crippen LogP contribution >= 0.6 is 0 Å². The minimum absolute atomic E-state index is 0.0461. The van der Waals surface area contributed by atoms with E-state index in [1.807, 2.05) is 0 Å². The molecule has 33 heavy (non-hydrogen) atoms. The molecule has 0 N–H and O–H groups in total. The van der Waals surface area contributed by atoms with Gasteiger partial charge in [0.15, 0.2) is 0 Å². The first-order valence-corrected chi connectivity index (χ1v) is 15.0. The highest BCUT2D eigenvalue weighted by Gasteiger charge is 2.54. The Morgan fingerprint density at radius 1 is 0.879 bits per heavy atom. The van der Waals surface area contributed by atoms with Gasteiger partial charge in [0.2, 0.25) is 0 Å². The SMILES string of the molecule is CC(C)(C)[Si](OC[C@H]1CCC[C@]12CCC[C@@H]1CC=CCN12)(c1ccccc1)c1ccccc1. The van der Waals surface area contributed by atoms with E-state index in [4.69, 9.17) is 4.43 Å². The molecule has 2 aromatic carbocycles. The highest BCUT2D eigenvalue weighted by atomic mass is 28.4. The Morgan fingerprint density at radius 2 is 1.48 bits per heavy atom. The molecule has 2 nitrogen and oxygen atoms in total. The second-order valence-electron chi connectivity index (χ2n) is 11.6. The molecule has 2 fully saturated rings. The molecule has 0 amide bonds. The van der Waals surface area contributed by atoms with Gasteiger partial charge in [-0.25, -0.2) is 0 Å². The van der Waals surface area contributed by atoms with Crippen LogP contribution in [-0.2, 0) is 4.43 Å². The van der Waals surface area contributed by atoms with Gasteiger partial charge in [0.25, 0.3) is 8.32 Å². The maximum absolute atomic E-state index is 7.45. The van der Waals surface area contributed by atoms with Crippen molar-refractivity contribution in [3.8, 4) is 0 Å². The van der Waals surface area contributed by atoms with E-state index in [-0.39, 0.29) is 5.04 Å². The highest BCUT2D eigenvalue weighted by Crippen LogP contribution is 2.50. The molecule has 2 heterocycles. The van der Waals surface area contributed by atoms with Crippen LogP contribution in [0.15, 0.2) is 72.8 Å². The summed E-state index contributed by atoms with van der Waals surface area (Å²) in [6, 6.07) is 23.1. The summed E-state index contributed by atoms with van der Waals surface area (Å²) in [6.45, 7) is 9.22. The van der Waals surface area contributed by atoms with E-state index in [9.17, 15) is 0 Å². The van der Waals surface area contributed by atoms with Crippen molar-refractivity contribution in [3.63, 3.8) is 0 Å². The number of benzene rings is 2. The Bertz CT molecular complexity index is 911. The zero-order valence-electron chi connectivity index (χ0n) is 20.8. The Hall–Kier alpha value is -1.68. The maximum atomic E-state index is 7.45. The van der Waals surface area contributed by atoms with Crippen LogP contribution in [0.2, 0.25) is 5.04 Å². The van der Waals surface area contributed by atoms with Gasteiger partial charge in [0.1, 0.15) is 0 Å². The molecule has 1 aliphatic carbocycles. The molecule has 5 rings (SSSR count). The summed E-state index contributed by atoms with van der Waals surface area (Å²) in [6.07, 6.45) is 14.2. The number of fused-ring (bicyclic) bond motifs is 2. The van der Waals surface area contributed by atoms with Gasteiger partial charge in [-0.05, 0) is 53.4 Å². The van der Waals surface area contributed by atoms with Crippen LogP contribution in [0, 0.1) is 5.92 Å². The summed E-state index contributed by atoms with van der Waals surface area (Å²) in [7, 11) is -2.47. The van der Waals surface area contributed by atoms with Gasteiger partial charge in [0, 0.05) is 24.7 Å². The predicted octanol–water partition coefficient (Wildman–Crippen LogP) is 5.92. The molecule has 1 spiro atoms. The van der Waals surface area contributed by atoms with Gasteiger partial charge >= 0.3 is 0 Å². The fraction of sp³-hybridized carbons (Fsp3) is 0.533. The van der Waals surface area contributed by atoms with Crippen molar-refractivity contribution in [2.75, 3.05) is 13.2 Å². The monoisotopic (exact) mass is 459 g/mol. The van der Waals surface area contributed by atoms with E-state index in [1.54, 1.807) is 0 Å². The topological polar surface area (TPSA) is 12.5 Å². The molecule has 0 radical (unpaired) electrons. The fourth-order valence-electron chi connectivity index (χ4n) is 7.38. The number of hydrogen-bond donors (Lipinski definition) is 0. The first-order chi connectivity index (χ1) is 16.0. The van der Waals surface area contributed by atoms with Crippen LogP contribution in [0.4, 0.5) is 0 Å². The average Bonchev–Trinajstić information content (AvgIpc) is 3.23. The average molecular weight is 460 g/mol. The van der Waals surface area contributed by atoms with Crippen molar-refractivity contribution in [2.24, 2.45) is 5.92 Å². The Balaban J connectivity index is 1.51. The predicted molar refractivity (Wildman–Crippen MR) is 142 cm³/mol. The van der Waals surface area contributed by atoms with Gasteiger partial charge in [-0.15, -0.1) is 0 Å². The number of nitrogens with zero attached hydrogens (tertiary/aromatic N) is 1. The molecule has 2 aromatic rings. The van der Waals surface area contributed by atoms with Crippen molar-refractivity contribution in [2.45, 2.75) is 82.3 Å². The van der Waals surface area contributed by atoms with Gasteiger partial charge in [-0.2, -0.15) is 0 Å². The minimum Gasteiger partial charge on any atom is -0.407 e. The third-order valence-electron chi connectivity index (χ3n) is 8.88. The molecule has 176 valence electrons. The number of piperidine rings is 1. The smallest absolute Gasteiger partial charge is 0.261 e. The highest BCUT2D eigenvalue weighted by molar-refractivity contribution is 6.99. The van der Waals surface area contributed by atoms with Crippen LogP contribution in [0.5, 0.6) is 0 Å². The third-order valence-corrected chi connectivity index (χ3v) is 13.9. The van der Waals surface area contributed by atoms with E-state index in [0.29, 0.717) is 11.5 Å². The second-order valence-corrected chi connectivity index (χ2v) is 15.9. The summed E-state index contributed by atoms with van der Waals surface area (Å²) >= 11 is 0. The molecular weight excluding hydrogens is 418 g/mol. The lowest BCUT2D eigenvalue weighted by atomic mass is 9.75. The van der Waals surface area contributed by atoms with Crippen LogP contribution in [-0.4, -0.2) is 37.9 Å². The van der Waals surface area contributed by atoms with Gasteiger partial charge in [-0.3, -0.25) is 4.90 Å². The second kappa shape index (κ2) is 9.17.